The fourth-order valence-electron chi connectivity index (χ4n) is 1.45. The molecule has 0 unspecified atom stereocenters. The number of nitrogens with two attached hydrogens (primary N) is 1. The van der Waals surface area contributed by atoms with Crippen molar-refractivity contribution in [3.05, 3.63) is 45.8 Å². The van der Waals surface area contributed by atoms with Crippen LogP contribution in [-0.4, -0.2) is 16.0 Å². The molecule has 4 nitrogen and oxygen atoms in total. The topological polar surface area (TPSA) is 71.8 Å². The highest BCUT2D eigenvalue weighted by Crippen LogP contribution is 2.18. The fraction of sp³-hybridized carbons (Fsp3) is 0.0909. The quantitative estimate of drug-likeness (QED) is 0.854. The minimum absolute atomic E-state index is 0.155. The van der Waals surface area contributed by atoms with E-state index in [2.05, 4.69) is 26.1 Å². The zero-order chi connectivity index (χ0) is 12.4. The maximum absolute atomic E-state index is 13.0. The second-order valence-electron chi connectivity index (χ2n) is 3.55. The first-order valence-electron chi connectivity index (χ1n) is 4.84. The van der Waals surface area contributed by atoms with Gasteiger partial charge in [-0.05, 0) is 33.6 Å². The monoisotopic (exact) mass is 297 g/mol. The van der Waals surface area contributed by atoms with E-state index in [0.29, 0.717) is 15.6 Å². The summed E-state index contributed by atoms with van der Waals surface area (Å²) in [5, 5.41) is 6.17. The maximum atomic E-state index is 13.0. The largest absolute Gasteiger partial charge is 0.383 e. The molecule has 1 aromatic carbocycles. The molecule has 0 amide bonds. The van der Waals surface area contributed by atoms with Crippen molar-refractivity contribution in [1.82, 2.24) is 10.2 Å². The Bertz CT molecular complexity index is 568. The summed E-state index contributed by atoms with van der Waals surface area (Å²) < 4.78 is 13.3. The predicted molar refractivity (Wildman–Crippen MR) is 65.1 cm³/mol. The summed E-state index contributed by atoms with van der Waals surface area (Å²) in [5.41, 5.74) is 6.61. The molecule has 0 atom stereocenters. The molecular formula is C11H9BrFN3O. The van der Waals surface area contributed by atoms with Crippen molar-refractivity contribution in [3.8, 4) is 0 Å². The number of carbonyl (C=O) groups excluding carboxylic acids is 1. The molecule has 17 heavy (non-hydrogen) atoms. The molecule has 1 aromatic heterocycles. The number of ketones is 1. The van der Waals surface area contributed by atoms with Gasteiger partial charge in [0.1, 0.15) is 11.6 Å². The van der Waals surface area contributed by atoms with Gasteiger partial charge < -0.3 is 5.73 Å². The summed E-state index contributed by atoms with van der Waals surface area (Å²) in [6.07, 6.45) is 1.54. The summed E-state index contributed by atoms with van der Waals surface area (Å²) in [4.78, 5) is 11.8. The van der Waals surface area contributed by atoms with E-state index in [0.717, 1.165) is 0 Å². The first-order valence-corrected chi connectivity index (χ1v) is 5.63. The highest BCUT2D eigenvalue weighted by molar-refractivity contribution is 9.10. The lowest BCUT2D eigenvalue weighted by Gasteiger charge is -2.02. The van der Waals surface area contributed by atoms with E-state index >= 15 is 0 Å². The van der Waals surface area contributed by atoms with Crippen LogP contribution in [0.3, 0.4) is 0 Å². The highest BCUT2D eigenvalue weighted by Gasteiger charge is 2.13. The summed E-state index contributed by atoms with van der Waals surface area (Å²) in [5.74, 6) is -0.269. The number of nitrogen functional groups attached to an aromatic ring is 1. The Labute approximate surface area is 105 Å². The Morgan fingerprint density at radius 3 is 2.88 bits per heavy atom. The number of anilines is 1. The molecule has 0 spiro atoms. The molecule has 0 aliphatic heterocycles. The molecule has 1 heterocycles. The number of Topliss-reactive ketones (excluding diaryl/α,β-unsaturated/α-hetero) is 1. The van der Waals surface area contributed by atoms with Crippen LogP contribution < -0.4 is 5.73 Å². The average Bonchev–Trinajstić information content (AvgIpc) is 2.70. The van der Waals surface area contributed by atoms with Crippen LogP contribution in [0, 0.1) is 5.82 Å². The van der Waals surface area contributed by atoms with Crippen molar-refractivity contribution in [2.45, 2.75) is 6.42 Å². The SMILES string of the molecule is Nc1[nH]ncc1C(=O)Cc1ccc(F)c(Br)c1. The zero-order valence-corrected chi connectivity index (χ0v) is 10.3. The molecule has 0 aliphatic carbocycles. The third-order valence-electron chi connectivity index (χ3n) is 2.32. The van der Waals surface area contributed by atoms with Crippen molar-refractivity contribution in [2.75, 3.05) is 5.73 Å². The predicted octanol–water partition coefficient (Wildman–Crippen LogP) is 2.32. The number of aromatic nitrogens is 2. The van der Waals surface area contributed by atoms with Crippen molar-refractivity contribution >= 4 is 27.5 Å². The van der Waals surface area contributed by atoms with Crippen LogP contribution in [-0.2, 0) is 6.42 Å². The van der Waals surface area contributed by atoms with Crippen LogP contribution in [0.2, 0.25) is 0 Å². The van der Waals surface area contributed by atoms with E-state index in [1.165, 1.54) is 12.3 Å². The number of nitrogens with zero attached hydrogens (tertiary/aromatic N) is 1. The second kappa shape index (κ2) is 4.67. The lowest BCUT2D eigenvalue weighted by molar-refractivity contribution is 0.0994. The van der Waals surface area contributed by atoms with Gasteiger partial charge in [-0.2, -0.15) is 5.10 Å². The Morgan fingerprint density at radius 2 is 2.29 bits per heavy atom. The molecule has 2 aromatic rings. The molecular weight excluding hydrogens is 289 g/mol. The first kappa shape index (κ1) is 11.8. The standard InChI is InChI=1S/C11H9BrFN3O/c12-8-3-6(1-2-9(8)13)4-10(17)7-5-15-16-11(7)14/h1-3,5H,4H2,(H3,14,15,16). The lowest BCUT2D eigenvalue weighted by Crippen LogP contribution is -2.05. The molecule has 0 saturated carbocycles. The molecule has 0 bridgehead atoms. The molecule has 6 heteroatoms. The smallest absolute Gasteiger partial charge is 0.172 e. The van der Waals surface area contributed by atoms with E-state index in [-0.39, 0.29) is 23.8 Å². The molecule has 0 aliphatic rings. The first-order chi connectivity index (χ1) is 8.08. The van der Waals surface area contributed by atoms with Crippen molar-refractivity contribution in [1.29, 1.82) is 0 Å². The maximum Gasteiger partial charge on any atom is 0.172 e. The van der Waals surface area contributed by atoms with Gasteiger partial charge in [0, 0.05) is 6.42 Å². The Kier molecular flexibility index (Phi) is 3.23. The number of benzene rings is 1. The Balaban J connectivity index is 2.19. The Hall–Kier alpha value is -1.69. The Morgan fingerprint density at radius 1 is 1.53 bits per heavy atom. The summed E-state index contributed by atoms with van der Waals surface area (Å²) in [6, 6.07) is 4.45. The van der Waals surface area contributed by atoms with Crippen LogP contribution in [0.5, 0.6) is 0 Å². The van der Waals surface area contributed by atoms with Gasteiger partial charge in [-0.15, -0.1) is 0 Å². The van der Waals surface area contributed by atoms with Crippen LogP contribution >= 0.6 is 15.9 Å². The third-order valence-corrected chi connectivity index (χ3v) is 2.93. The van der Waals surface area contributed by atoms with Gasteiger partial charge in [0.25, 0.3) is 0 Å². The lowest BCUT2D eigenvalue weighted by atomic mass is 10.1. The summed E-state index contributed by atoms with van der Waals surface area (Å²) in [7, 11) is 0. The fourth-order valence-corrected chi connectivity index (χ4v) is 1.87. The van der Waals surface area contributed by atoms with Gasteiger partial charge in [0.15, 0.2) is 5.78 Å². The van der Waals surface area contributed by atoms with E-state index in [4.69, 9.17) is 5.73 Å². The molecule has 0 fully saturated rings. The second-order valence-corrected chi connectivity index (χ2v) is 4.40. The number of carbonyl (C=O) groups is 1. The van der Waals surface area contributed by atoms with Crippen molar-refractivity contribution in [3.63, 3.8) is 0 Å². The number of halogens is 2. The molecule has 3 N–H and O–H groups in total. The van der Waals surface area contributed by atoms with Crippen molar-refractivity contribution in [2.24, 2.45) is 0 Å². The van der Waals surface area contributed by atoms with Gasteiger partial charge in [-0.1, -0.05) is 6.07 Å². The van der Waals surface area contributed by atoms with Crippen LogP contribution in [0.15, 0.2) is 28.9 Å². The number of rotatable bonds is 3. The summed E-state index contributed by atoms with van der Waals surface area (Å²) in [6.45, 7) is 0. The molecule has 0 saturated heterocycles. The van der Waals surface area contributed by atoms with Gasteiger partial charge in [0.05, 0.1) is 16.2 Å². The number of hydrogen-bond donors (Lipinski definition) is 2. The molecule has 0 radical (unpaired) electrons. The minimum Gasteiger partial charge on any atom is -0.383 e. The van der Waals surface area contributed by atoms with Gasteiger partial charge in [-0.25, -0.2) is 4.39 Å². The van der Waals surface area contributed by atoms with Gasteiger partial charge >= 0.3 is 0 Å². The minimum atomic E-state index is -0.357. The number of nitrogens with one attached hydrogen (secondary N) is 1. The summed E-state index contributed by atoms with van der Waals surface area (Å²) >= 11 is 3.07. The van der Waals surface area contributed by atoms with Crippen LogP contribution in [0.4, 0.5) is 10.2 Å². The number of H-pyrrole nitrogens is 1. The average molecular weight is 298 g/mol. The van der Waals surface area contributed by atoms with Gasteiger partial charge in [0.2, 0.25) is 0 Å². The zero-order valence-electron chi connectivity index (χ0n) is 8.71. The third kappa shape index (κ3) is 2.52. The highest BCUT2D eigenvalue weighted by atomic mass is 79.9. The number of aromatic amines is 1. The van der Waals surface area contributed by atoms with Crippen LogP contribution in [0.1, 0.15) is 15.9 Å². The molecule has 2 rings (SSSR count). The normalized spacial score (nSPS) is 10.5. The van der Waals surface area contributed by atoms with Gasteiger partial charge in [-0.3, -0.25) is 9.89 Å². The number of hydrogen-bond acceptors (Lipinski definition) is 3. The van der Waals surface area contributed by atoms with Crippen LogP contribution in [0.25, 0.3) is 0 Å². The van der Waals surface area contributed by atoms with E-state index in [1.807, 2.05) is 0 Å². The molecule has 88 valence electrons. The van der Waals surface area contributed by atoms with Crippen molar-refractivity contribution < 1.29 is 9.18 Å². The van der Waals surface area contributed by atoms with E-state index < -0.39 is 0 Å². The van der Waals surface area contributed by atoms with E-state index in [1.54, 1.807) is 12.1 Å². The van der Waals surface area contributed by atoms with E-state index in [9.17, 15) is 9.18 Å².